The van der Waals surface area contributed by atoms with Crippen LogP contribution in [-0.2, 0) is 4.79 Å². The highest BCUT2D eigenvalue weighted by molar-refractivity contribution is 5.97. The van der Waals surface area contributed by atoms with Gasteiger partial charge in [0.1, 0.15) is 5.75 Å². The summed E-state index contributed by atoms with van der Waals surface area (Å²) in [5.74, 6) is 0.609. The van der Waals surface area contributed by atoms with E-state index in [4.69, 9.17) is 4.74 Å². The third-order valence-corrected chi connectivity index (χ3v) is 8.66. The summed E-state index contributed by atoms with van der Waals surface area (Å²) in [6.45, 7) is 0.733. The van der Waals surface area contributed by atoms with Crippen LogP contribution in [0.4, 0.5) is 5.69 Å². The number of hydrogen-bond acceptors (Lipinski definition) is 4. The van der Waals surface area contributed by atoms with E-state index in [2.05, 4.69) is 64.1 Å². The summed E-state index contributed by atoms with van der Waals surface area (Å²) in [7, 11) is 1.57. The monoisotopic (exact) mass is 509 g/mol. The minimum absolute atomic E-state index is 0.0256. The average Bonchev–Trinajstić information content (AvgIpc) is 3.43. The Morgan fingerprint density at radius 1 is 0.895 bits per heavy atom. The molecule has 0 radical (unpaired) electrons. The van der Waals surface area contributed by atoms with Gasteiger partial charge < -0.3 is 20.3 Å². The van der Waals surface area contributed by atoms with Crippen molar-refractivity contribution in [3.8, 4) is 5.75 Å². The number of nitrogens with one attached hydrogen (secondary N) is 2. The number of benzene rings is 3. The first kappa shape index (κ1) is 24.5. The van der Waals surface area contributed by atoms with Crippen molar-refractivity contribution in [1.82, 2.24) is 10.2 Å². The van der Waals surface area contributed by atoms with Gasteiger partial charge in [-0.1, -0.05) is 73.5 Å². The number of carbonyl (C=O) groups is 2. The fourth-order valence-corrected chi connectivity index (χ4v) is 6.85. The van der Waals surface area contributed by atoms with E-state index in [1.165, 1.54) is 11.1 Å². The molecular weight excluding hydrogens is 474 g/mol. The minimum Gasteiger partial charge on any atom is -0.496 e. The molecule has 1 aliphatic carbocycles. The number of anilines is 1. The van der Waals surface area contributed by atoms with E-state index in [1.54, 1.807) is 19.2 Å². The molecule has 3 aliphatic rings. The lowest BCUT2D eigenvalue weighted by atomic mass is 9.79. The number of rotatable bonds is 5. The van der Waals surface area contributed by atoms with Crippen LogP contribution < -0.4 is 15.4 Å². The number of fused-ring (bicyclic) bond motifs is 3. The Labute approximate surface area is 224 Å². The molecule has 2 fully saturated rings. The predicted octanol–water partition coefficient (Wildman–Crippen LogP) is 5.74. The zero-order valence-electron chi connectivity index (χ0n) is 21.8. The molecule has 0 aromatic heterocycles. The van der Waals surface area contributed by atoms with E-state index in [0.29, 0.717) is 17.2 Å². The molecular formula is C32H35N3O3. The zero-order chi connectivity index (χ0) is 26.1. The zero-order valence-corrected chi connectivity index (χ0v) is 21.8. The van der Waals surface area contributed by atoms with Gasteiger partial charge in [-0.2, -0.15) is 0 Å². The quantitative estimate of drug-likeness (QED) is 0.460. The van der Waals surface area contributed by atoms with Gasteiger partial charge in [-0.25, -0.2) is 0 Å². The summed E-state index contributed by atoms with van der Waals surface area (Å²) in [6, 6.07) is 26.2. The van der Waals surface area contributed by atoms with Gasteiger partial charge in [0.05, 0.1) is 30.7 Å². The molecule has 6 rings (SSSR count). The van der Waals surface area contributed by atoms with Gasteiger partial charge in [0.25, 0.3) is 5.91 Å². The fraction of sp³-hybridized carbons (Fsp3) is 0.375. The third kappa shape index (κ3) is 4.42. The largest absolute Gasteiger partial charge is 0.496 e. The molecule has 2 amide bonds. The number of nitrogens with zero attached hydrogens (tertiary/aromatic N) is 1. The Balaban J connectivity index is 1.27. The van der Waals surface area contributed by atoms with Crippen LogP contribution in [0.2, 0.25) is 0 Å². The summed E-state index contributed by atoms with van der Waals surface area (Å²) in [6.07, 6.45) is 4.57. The highest BCUT2D eigenvalue weighted by Gasteiger charge is 2.48. The molecule has 0 spiro atoms. The molecule has 2 heterocycles. The van der Waals surface area contributed by atoms with Gasteiger partial charge in [-0.3, -0.25) is 9.59 Å². The molecule has 38 heavy (non-hydrogen) atoms. The number of methoxy groups -OCH3 is 1. The van der Waals surface area contributed by atoms with Crippen LogP contribution in [0.1, 0.15) is 65.7 Å². The summed E-state index contributed by atoms with van der Waals surface area (Å²) in [4.78, 5) is 29.7. The smallest absolute Gasteiger partial charge is 0.255 e. The van der Waals surface area contributed by atoms with Crippen LogP contribution in [0.5, 0.6) is 5.75 Å². The standard InChI is InChI=1S/C32H35N3O3/c1-38-28-18-10-7-15-24(28)31(36)34-27-17-9-6-14-23(27)32(37)35-20-19-25-29(21-11-3-2-4-12-21)33-26-16-8-5-13-22(26)30(25)35/h2-5,7-8,10-13,15-16,18,23,25,27,29-30,33H,6,9,14,17,19-20H2,1H3,(H,34,36)/t23-,25-,27+,29-,30-/m0/s1. The molecule has 196 valence electrons. The van der Waals surface area contributed by atoms with Crippen molar-refractivity contribution >= 4 is 17.5 Å². The Hall–Kier alpha value is -3.80. The van der Waals surface area contributed by atoms with E-state index >= 15 is 0 Å². The van der Waals surface area contributed by atoms with Crippen LogP contribution in [0.3, 0.4) is 0 Å². The van der Waals surface area contributed by atoms with Crippen molar-refractivity contribution in [2.45, 2.75) is 50.2 Å². The van der Waals surface area contributed by atoms with E-state index < -0.39 is 0 Å². The molecule has 3 aromatic carbocycles. The summed E-state index contributed by atoms with van der Waals surface area (Å²) in [5, 5.41) is 6.99. The van der Waals surface area contributed by atoms with Crippen molar-refractivity contribution in [3.05, 3.63) is 95.6 Å². The molecule has 3 aromatic rings. The van der Waals surface area contributed by atoms with Crippen LogP contribution in [0.15, 0.2) is 78.9 Å². The fourth-order valence-electron chi connectivity index (χ4n) is 6.85. The van der Waals surface area contributed by atoms with E-state index in [0.717, 1.165) is 44.3 Å². The van der Waals surface area contributed by atoms with Crippen molar-refractivity contribution in [1.29, 1.82) is 0 Å². The highest BCUT2D eigenvalue weighted by Crippen LogP contribution is 2.51. The molecule has 2 N–H and O–H groups in total. The lowest BCUT2D eigenvalue weighted by Crippen LogP contribution is -2.50. The lowest BCUT2D eigenvalue weighted by molar-refractivity contribution is -0.138. The topological polar surface area (TPSA) is 70.7 Å². The molecule has 2 aliphatic heterocycles. The van der Waals surface area contributed by atoms with E-state index in [9.17, 15) is 9.59 Å². The number of amides is 2. The highest BCUT2D eigenvalue weighted by atomic mass is 16.5. The molecule has 6 heteroatoms. The van der Waals surface area contributed by atoms with Crippen molar-refractivity contribution in [3.63, 3.8) is 0 Å². The first-order chi connectivity index (χ1) is 18.7. The average molecular weight is 510 g/mol. The normalized spacial score (nSPS) is 26.0. The van der Waals surface area contributed by atoms with Gasteiger partial charge in [-0.05, 0) is 48.6 Å². The second-order valence-corrected chi connectivity index (χ2v) is 10.7. The first-order valence-corrected chi connectivity index (χ1v) is 13.8. The van der Waals surface area contributed by atoms with Crippen LogP contribution in [0.25, 0.3) is 0 Å². The maximum atomic E-state index is 14.3. The van der Waals surface area contributed by atoms with Crippen molar-refractivity contribution in [2.75, 3.05) is 19.0 Å². The van der Waals surface area contributed by atoms with Gasteiger partial charge in [0.15, 0.2) is 0 Å². The van der Waals surface area contributed by atoms with Crippen molar-refractivity contribution in [2.24, 2.45) is 11.8 Å². The number of para-hydroxylation sites is 2. The van der Waals surface area contributed by atoms with Gasteiger partial charge in [0.2, 0.25) is 5.91 Å². The molecule has 5 atom stereocenters. The Kier molecular flexibility index (Phi) is 6.79. The number of ether oxygens (including phenoxy) is 1. The second-order valence-electron chi connectivity index (χ2n) is 10.7. The van der Waals surface area contributed by atoms with Crippen LogP contribution >= 0.6 is 0 Å². The maximum Gasteiger partial charge on any atom is 0.255 e. The van der Waals surface area contributed by atoms with Gasteiger partial charge in [0, 0.05) is 24.2 Å². The summed E-state index contributed by atoms with van der Waals surface area (Å²) in [5.41, 5.74) is 4.06. The first-order valence-electron chi connectivity index (χ1n) is 13.8. The van der Waals surface area contributed by atoms with Crippen LogP contribution in [0, 0.1) is 11.8 Å². The maximum absolute atomic E-state index is 14.3. The third-order valence-electron chi connectivity index (χ3n) is 8.66. The molecule has 0 unspecified atom stereocenters. The summed E-state index contributed by atoms with van der Waals surface area (Å²) >= 11 is 0. The summed E-state index contributed by atoms with van der Waals surface area (Å²) < 4.78 is 5.41. The lowest BCUT2D eigenvalue weighted by Gasteiger charge is -2.42. The Morgan fingerprint density at radius 2 is 1.63 bits per heavy atom. The minimum atomic E-state index is -0.224. The van der Waals surface area contributed by atoms with E-state index in [1.807, 2.05) is 18.2 Å². The molecule has 6 nitrogen and oxygen atoms in total. The van der Waals surface area contributed by atoms with E-state index in [-0.39, 0.29) is 35.9 Å². The molecule has 0 bridgehead atoms. The Bertz CT molecular complexity index is 1310. The molecule has 1 saturated carbocycles. The molecule has 1 saturated heterocycles. The number of carbonyl (C=O) groups excluding carboxylic acids is 2. The number of hydrogen-bond donors (Lipinski definition) is 2. The Morgan fingerprint density at radius 3 is 2.47 bits per heavy atom. The predicted molar refractivity (Wildman–Crippen MR) is 148 cm³/mol. The van der Waals surface area contributed by atoms with Gasteiger partial charge >= 0.3 is 0 Å². The van der Waals surface area contributed by atoms with Gasteiger partial charge in [-0.15, -0.1) is 0 Å². The number of likely N-dealkylation sites (tertiary alicyclic amines) is 1. The van der Waals surface area contributed by atoms with Crippen molar-refractivity contribution < 1.29 is 14.3 Å². The second kappa shape index (κ2) is 10.5. The van der Waals surface area contributed by atoms with Crippen LogP contribution in [-0.4, -0.2) is 36.4 Å². The SMILES string of the molecule is COc1ccccc1C(=O)N[C@@H]1CCCC[C@@H]1C(=O)N1CC[C@H]2[C@H](c3ccccc3)Nc3ccccc3[C@@H]21.